The highest BCUT2D eigenvalue weighted by Crippen LogP contribution is 2.31. The minimum atomic E-state index is 0.280. The number of rotatable bonds is 7. The van der Waals surface area contributed by atoms with Crippen LogP contribution in [0.4, 0.5) is 0 Å². The van der Waals surface area contributed by atoms with Gasteiger partial charge in [0.2, 0.25) is 0 Å². The molecule has 0 spiro atoms. The maximum atomic E-state index is 6.03. The van der Waals surface area contributed by atoms with Crippen molar-refractivity contribution in [3.63, 3.8) is 0 Å². The van der Waals surface area contributed by atoms with Gasteiger partial charge in [-0.3, -0.25) is 0 Å². The Kier molecular flexibility index (Phi) is 5.96. The van der Waals surface area contributed by atoms with Crippen LogP contribution in [0.1, 0.15) is 54.6 Å². The summed E-state index contributed by atoms with van der Waals surface area (Å²) in [5, 5.41) is 7.92. The molecular formula is C14H20ClN3S2. The molecule has 0 amide bonds. The van der Waals surface area contributed by atoms with Crippen molar-refractivity contribution in [3.8, 4) is 0 Å². The molecule has 0 aliphatic carbocycles. The highest BCUT2D eigenvalue weighted by atomic mass is 35.5. The van der Waals surface area contributed by atoms with Crippen molar-refractivity contribution in [2.45, 2.75) is 45.6 Å². The predicted octanol–water partition coefficient (Wildman–Crippen LogP) is 4.66. The average molecular weight is 330 g/mol. The molecule has 1 atom stereocenters. The van der Waals surface area contributed by atoms with Gasteiger partial charge in [0.05, 0.1) is 14.9 Å². The molecule has 0 aliphatic heterocycles. The normalized spacial score (nSPS) is 13.1. The Labute approximate surface area is 133 Å². The molecule has 3 nitrogen and oxygen atoms in total. The smallest absolute Gasteiger partial charge is 0.0931 e. The van der Waals surface area contributed by atoms with Gasteiger partial charge in [-0.1, -0.05) is 36.9 Å². The van der Waals surface area contributed by atoms with Crippen LogP contribution in [0.25, 0.3) is 0 Å². The van der Waals surface area contributed by atoms with E-state index in [4.69, 9.17) is 11.6 Å². The SMILES string of the molecule is CCCNC(Cc1ccc(Cl)s1)c1snnc1C(C)C. The minimum Gasteiger partial charge on any atom is -0.309 e. The summed E-state index contributed by atoms with van der Waals surface area (Å²) < 4.78 is 5.00. The lowest BCUT2D eigenvalue weighted by atomic mass is 10.0. The molecule has 0 fully saturated rings. The summed E-state index contributed by atoms with van der Waals surface area (Å²) in [6, 6.07) is 4.35. The zero-order valence-electron chi connectivity index (χ0n) is 12.0. The topological polar surface area (TPSA) is 37.8 Å². The van der Waals surface area contributed by atoms with Crippen molar-refractivity contribution < 1.29 is 0 Å². The standard InChI is InChI=1S/C14H20ClN3S2/c1-4-7-16-11(8-10-5-6-12(15)19-10)14-13(9(2)3)17-18-20-14/h5-6,9,11,16H,4,7-8H2,1-3H3. The van der Waals surface area contributed by atoms with Gasteiger partial charge in [0, 0.05) is 17.3 Å². The lowest BCUT2D eigenvalue weighted by Gasteiger charge is -2.18. The summed E-state index contributed by atoms with van der Waals surface area (Å²) >= 11 is 9.19. The second-order valence-electron chi connectivity index (χ2n) is 5.09. The van der Waals surface area contributed by atoms with Crippen LogP contribution in [0, 0.1) is 0 Å². The summed E-state index contributed by atoms with van der Waals surface area (Å²) in [4.78, 5) is 2.56. The molecule has 6 heteroatoms. The molecule has 2 rings (SSSR count). The van der Waals surface area contributed by atoms with Gasteiger partial charge in [-0.2, -0.15) is 0 Å². The Morgan fingerprint density at radius 3 is 2.75 bits per heavy atom. The van der Waals surface area contributed by atoms with Crippen LogP contribution in [-0.2, 0) is 6.42 Å². The van der Waals surface area contributed by atoms with Gasteiger partial charge in [0.1, 0.15) is 0 Å². The second kappa shape index (κ2) is 7.50. The van der Waals surface area contributed by atoms with Crippen LogP contribution in [0.15, 0.2) is 12.1 Å². The maximum absolute atomic E-state index is 6.03. The predicted molar refractivity (Wildman–Crippen MR) is 88.1 cm³/mol. The molecule has 110 valence electrons. The summed E-state index contributed by atoms with van der Waals surface area (Å²) in [6.07, 6.45) is 2.06. The van der Waals surface area contributed by atoms with Crippen LogP contribution in [0.5, 0.6) is 0 Å². The van der Waals surface area contributed by atoms with Gasteiger partial charge >= 0.3 is 0 Å². The summed E-state index contributed by atoms with van der Waals surface area (Å²) in [5.74, 6) is 0.404. The number of hydrogen-bond donors (Lipinski definition) is 1. The van der Waals surface area contributed by atoms with Crippen LogP contribution in [-0.4, -0.2) is 16.1 Å². The molecule has 20 heavy (non-hydrogen) atoms. The molecule has 2 heterocycles. The monoisotopic (exact) mass is 329 g/mol. The molecule has 0 aromatic carbocycles. The first-order chi connectivity index (χ1) is 9.61. The molecule has 0 radical (unpaired) electrons. The Morgan fingerprint density at radius 2 is 2.15 bits per heavy atom. The second-order valence-corrected chi connectivity index (χ2v) is 7.68. The van der Waals surface area contributed by atoms with E-state index in [0.29, 0.717) is 5.92 Å². The number of hydrogen-bond acceptors (Lipinski definition) is 5. The number of thiophene rings is 1. The number of nitrogens with one attached hydrogen (secondary N) is 1. The van der Waals surface area contributed by atoms with E-state index < -0.39 is 0 Å². The summed E-state index contributed by atoms with van der Waals surface area (Å²) in [5.41, 5.74) is 1.12. The number of halogens is 1. The Balaban J connectivity index is 2.20. The van der Waals surface area contributed by atoms with Crippen molar-refractivity contribution >= 4 is 34.5 Å². The van der Waals surface area contributed by atoms with Crippen LogP contribution in [0.3, 0.4) is 0 Å². The lowest BCUT2D eigenvalue weighted by molar-refractivity contribution is 0.532. The van der Waals surface area contributed by atoms with E-state index in [0.717, 1.165) is 29.4 Å². The summed E-state index contributed by atoms with van der Waals surface area (Å²) in [7, 11) is 0. The lowest BCUT2D eigenvalue weighted by Crippen LogP contribution is -2.24. The van der Waals surface area contributed by atoms with Crippen molar-refractivity contribution in [3.05, 3.63) is 31.9 Å². The van der Waals surface area contributed by atoms with E-state index in [1.54, 1.807) is 11.3 Å². The third-order valence-electron chi connectivity index (χ3n) is 3.08. The highest BCUT2D eigenvalue weighted by molar-refractivity contribution is 7.16. The first-order valence-corrected chi connectivity index (χ1v) is 8.88. The van der Waals surface area contributed by atoms with E-state index in [1.807, 2.05) is 6.07 Å². The molecule has 0 saturated carbocycles. The van der Waals surface area contributed by atoms with Gasteiger partial charge in [-0.05, 0) is 42.5 Å². The molecule has 2 aromatic rings. The van der Waals surface area contributed by atoms with Crippen molar-refractivity contribution in [1.82, 2.24) is 14.9 Å². The van der Waals surface area contributed by atoms with Crippen molar-refractivity contribution in [2.24, 2.45) is 0 Å². The maximum Gasteiger partial charge on any atom is 0.0931 e. The van der Waals surface area contributed by atoms with E-state index >= 15 is 0 Å². The Bertz CT molecular complexity index is 536. The van der Waals surface area contributed by atoms with Gasteiger partial charge in [-0.25, -0.2) is 0 Å². The van der Waals surface area contributed by atoms with Crippen LogP contribution < -0.4 is 5.32 Å². The first-order valence-electron chi connectivity index (χ1n) is 6.91. The molecule has 2 aromatic heterocycles. The van der Waals surface area contributed by atoms with Gasteiger partial charge in [0.15, 0.2) is 0 Å². The number of aromatic nitrogens is 2. The highest BCUT2D eigenvalue weighted by Gasteiger charge is 2.21. The molecular weight excluding hydrogens is 310 g/mol. The van der Waals surface area contributed by atoms with Crippen LogP contribution in [0.2, 0.25) is 4.34 Å². The van der Waals surface area contributed by atoms with E-state index in [2.05, 4.69) is 41.7 Å². The third-order valence-corrected chi connectivity index (χ3v) is 5.19. The molecule has 0 bridgehead atoms. The van der Waals surface area contributed by atoms with Crippen molar-refractivity contribution in [1.29, 1.82) is 0 Å². The summed E-state index contributed by atoms with van der Waals surface area (Å²) in [6.45, 7) is 7.51. The molecule has 0 saturated heterocycles. The fraction of sp³-hybridized carbons (Fsp3) is 0.571. The van der Waals surface area contributed by atoms with Gasteiger partial charge in [-0.15, -0.1) is 16.4 Å². The minimum absolute atomic E-state index is 0.280. The number of nitrogens with zero attached hydrogens (tertiary/aromatic N) is 2. The zero-order chi connectivity index (χ0) is 14.5. The van der Waals surface area contributed by atoms with E-state index in [-0.39, 0.29) is 6.04 Å². The quantitative estimate of drug-likeness (QED) is 0.802. The first kappa shape index (κ1) is 15.9. The van der Waals surface area contributed by atoms with Crippen molar-refractivity contribution in [2.75, 3.05) is 6.54 Å². The van der Waals surface area contributed by atoms with Gasteiger partial charge < -0.3 is 5.32 Å². The van der Waals surface area contributed by atoms with E-state index in [1.165, 1.54) is 21.3 Å². The van der Waals surface area contributed by atoms with Gasteiger partial charge in [0.25, 0.3) is 0 Å². The Hall–Kier alpha value is -0.490. The fourth-order valence-corrected chi connectivity index (χ4v) is 4.10. The average Bonchev–Trinajstić information content (AvgIpc) is 3.03. The van der Waals surface area contributed by atoms with E-state index in [9.17, 15) is 0 Å². The molecule has 0 aliphatic rings. The molecule has 1 N–H and O–H groups in total. The third kappa shape index (κ3) is 4.01. The Morgan fingerprint density at radius 1 is 1.35 bits per heavy atom. The fourth-order valence-electron chi connectivity index (χ4n) is 2.09. The van der Waals surface area contributed by atoms with Crippen LogP contribution >= 0.6 is 34.5 Å². The molecule has 1 unspecified atom stereocenters. The largest absolute Gasteiger partial charge is 0.309 e. The zero-order valence-corrected chi connectivity index (χ0v) is 14.4.